The van der Waals surface area contributed by atoms with Gasteiger partial charge >= 0.3 is 0 Å². The molecule has 0 aliphatic rings. The third-order valence-corrected chi connectivity index (χ3v) is 3.53. The lowest BCUT2D eigenvalue weighted by atomic mass is 9.97. The third-order valence-electron chi connectivity index (χ3n) is 3.53. The summed E-state index contributed by atoms with van der Waals surface area (Å²) in [7, 11) is 2.05. The van der Waals surface area contributed by atoms with Gasteiger partial charge in [0.15, 0.2) is 0 Å². The highest BCUT2D eigenvalue weighted by atomic mass is 16.2. The fourth-order valence-corrected chi connectivity index (χ4v) is 1.54. The standard InChI is InChI=1S/C11H25N3O/c1-7(2)9(4)14(6)10(5)8(3)11(15)13-12/h7-10H,12H2,1-6H3,(H,13,15). The Kier molecular flexibility index (Phi) is 5.83. The van der Waals surface area contributed by atoms with E-state index in [1.807, 2.05) is 6.92 Å². The molecule has 0 saturated carbocycles. The maximum absolute atomic E-state index is 11.4. The SMILES string of the molecule is CC(C)C(C)N(C)C(C)C(C)C(=O)NN. The van der Waals surface area contributed by atoms with Crippen LogP contribution in [0.1, 0.15) is 34.6 Å². The summed E-state index contributed by atoms with van der Waals surface area (Å²) in [6.45, 7) is 10.5. The molecule has 3 unspecified atom stereocenters. The summed E-state index contributed by atoms with van der Waals surface area (Å²) >= 11 is 0. The van der Waals surface area contributed by atoms with Crippen molar-refractivity contribution in [2.45, 2.75) is 46.7 Å². The van der Waals surface area contributed by atoms with Gasteiger partial charge < -0.3 is 0 Å². The van der Waals surface area contributed by atoms with E-state index in [9.17, 15) is 4.79 Å². The van der Waals surface area contributed by atoms with Crippen molar-refractivity contribution in [2.75, 3.05) is 7.05 Å². The summed E-state index contributed by atoms with van der Waals surface area (Å²) in [5, 5.41) is 0. The second kappa shape index (κ2) is 6.08. The Morgan fingerprint density at radius 2 is 1.60 bits per heavy atom. The smallest absolute Gasteiger partial charge is 0.238 e. The molecule has 3 atom stereocenters. The number of hydrogen-bond donors (Lipinski definition) is 2. The lowest BCUT2D eigenvalue weighted by Gasteiger charge is -2.35. The van der Waals surface area contributed by atoms with Gasteiger partial charge in [0, 0.05) is 12.1 Å². The minimum atomic E-state index is -0.106. The number of nitrogens with zero attached hydrogens (tertiary/aromatic N) is 1. The van der Waals surface area contributed by atoms with Crippen LogP contribution in [0.4, 0.5) is 0 Å². The molecule has 0 aromatic rings. The molecule has 0 rings (SSSR count). The fraction of sp³-hybridized carbons (Fsp3) is 0.909. The van der Waals surface area contributed by atoms with Crippen LogP contribution in [0, 0.1) is 11.8 Å². The maximum atomic E-state index is 11.4. The first-order valence-electron chi connectivity index (χ1n) is 5.55. The Labute approximate surface area is 93.2 Å². The number of nitrogens with two attached hydrogens (primary N) is 1. The van der Waals surface area contributed by atoms with E-state index in [0.29, 0.717) is 12.0 Å². The zero-order chi connectivity index (χ0) is 12.2. The van der Waals surface area contributed by atoms with Gasteiger partial charge in [0.05, 0.1) is 5.92 Å². The molecule has 0 bridgehead atoms. The van der Waals surface area contributed by atoms with E-state index in [0.717, 1.165) is 0 Å². The van der Waals surface area contributed by atoms with Crippen molar-refractivity contribution < 1.29 is 4.79 Å². The van der Waals surface area contributed by atoms with Crippen LogP contribution in [0.2, 0.25) is 0 Å². The predicted molar refractivity (Wildman–Crippen MR) is 63.0 cm³/mol. The monoisotopic (exact) mass is 215 g/mol. The molecule has 15 heavy (non-hydrogen) atoms. The average Bonchev–Trinajstić information content (AvgIpc) is 2.23. The Hall–Kier alpha value is -0.610. The molecule has 0 radical (unpaired) electrons. The highest BCUT2D eigenvalue weighted by molar-refractivity contribution is 5.78. The normalized spacial score (nSPS) is 17.7. The topological polar surface area (TPSA) is 58.4 Å². The molecule has 0 heterocycles. The van der Waals surface area contributed by atoms with E-state index in [-0.39, 0.29) is 17.9 Å². The van der Waals surface area contributed by atoms with Crippen molar-refractivity contribution in [3.05, 3.63) is 0 Å². The molecule has 1 amide bonds. The second-order valence-electron chi connectivity index (χ2n) is 4.69. The van der Waals surface area contributed by atoms with Crippen LogP contribution in [0.3, 0.4) is 0 Å². The largest absolute Gasteiger partial charge is 0.300 e. The molecular weight excluding hydrogens is 190 g/mol. The summed E-state index contributed by atoms with van der Waals surface area (Å²) < 4.78 is 0. The summed E-state index contributed by atoms with van der Waals surface area (Å²) in [6, 6.07) is 0.638. The minimum Gasteiger partial charge on any atom is -0.300 e. The van der Waals surface area contributed by atoms with Gasteiger partial charge in [-0.25, -0.2) is 5.84 Å². The van der Waals surface area contributed by atoms with E-state index >= 15 is 0 Å². The van der Waals surface area contributed by atoms with Crippen LogP contribution in [0.5, 0.6) is 0 Å². The van der Waals surface area contributed by atoms with Crippen molar-refractivity contribution in [3.63, 3.8) is 0 Å². The molecule has 4 nitrogen and oxygen atoms in total. The number of hydrazine groups is 1. The summed E-state index contributed by atoms with van der Waals surface area (Å²) in [6.07, 6.45) is 0. The van der Waals surface area contributed by atoms with Gasteiger partial charge in [-0.2, -0.15) is 0 Å². The molecule has 0 saturated heterocycles. The van der Waals surface area contributed by atoms with E-state index in [1.165, 1.54) is 0 Å². The molecule has 0 fully saturated rings. The molecule has 4 heteroatoms. The third kappa shape index (κ3) is 3.80. The summed E-state index contributed by atoms with van der Waals surface area (Å²) in [4.78, 5) is 13.6. The van der Waals surface area contributed by atoms with Crippen molar-refractivity contribution in [2.24, 2.45) is 17.7 Å². The van der Waals surface area contributed by atoms with E-state index < -0.39 is 0 Å². The number of amides is 1. The van der Waals surface area contributed by atoms with Crippen LogP contribution >= 0.6 is 0 Å². The Morgan fingerprint density at radius 1 is 1.13 bits per heavy atom. The molecule has 90 valence electrons. The zero-order valence-electron chi connectivity index (χ0n) is 10.7. The van der Waals surface area contributed by atoms with Crippen molar-refractivity contribution in [1.82, 2.24) is 10.3 Å². The Morgan fingerprint density at radius 3 is 1.93 bits per heavy atom. The van der Waals surface area contributed by atoms with Gasteiger partial charge in [0.1, 0.15) is 0 Å². The first-order chi connectivity index (χ1) is 6.82. The number of carbonyl (C=O) groups is 1. The molecule has 0 spiro atoms. The van der Waals surface area contributed by atoms with E-state index in [4.69, 9.17) is 5.84 Å². The van der Waals surface area contributed by atoms with Crippen LogP contribution in [0.15, 0.2) is 0 Å². The van der Waals surface area contributed by atoms with Gasteiger partial charge in [-0.1, -0.05) is 20.8 Å². The maximum Gasteiger partial charge on any atom is 0.238 e. The zero-order valence-corrected chi connectivity index (χ0v) is 10.7. The number of carbonyl (C=O) groups excluding carboxylic acids is 1. The molecule has 0 aromatic carbocycles. The summed E-state index contributed by atoms with van der Waals surface area (Å²) in [5.41, 5.74) is 2.20. The number of hydrogen-bond acceptors (Lipinski definition) is 3. The van der Waals surface area contributed by atoms with Crippen molar-refractivity contribution >= 4 is 5.91 Å². The van der Waals surface area contributed by atoms with Crippen LogP contribution in [-0.2, 0) is 4.79 Å². The Bertz CT molecular complexity index is 206. The van der Waals surface area contributed by atoms with Gasteiger partial charge in [0.2, 0.25) is 5.91 Å². The first kappa shape index (κ1) is 14.4. The highest BCUT2D eigenvalue weighted by Crippen LogP contribution is 2.16. The average molecular weight is 215 g/mol. The second-order valence-corrected chi connectivity index (χ2v) is 4.69. The fourth-order valence-electron chi connectivity index (χ4n) is 1.54. The first-order valence-corrected chi connectivity index (χ1v) is 5.55. The minimum absolute atomic E-state index is 0.0961. The van der Waals surface area contributed by atoms with Crippen molar-refractivity contribution in [1.29, 1.82) is 0 Å². The lowest BCUT2D eigenvalue weighted by Crippen LogP contribution is -2.48. The Balaban J connectivity index is 4.43. The summed E-state index contributed by atoms with van der Waals surface area (Å²) in [5.74, 6) is 5.50. The quantitative estimate of drug-likeness (QED) is 0.408. The molecule has 0 aliphatic carbocycles. The number of nitrogens with one attached hydrogen (secondary N) is 1. The molecule has 3 N–H and O–H groups in total. The van der Waals surface area contributed by atoms with Crippen LogP contribution in [0.25, 0.3) is 0 Å². The van der Waals surface area contributed by atoms with Crippen molar-refractivity contribution in [3.8, 4) is 0 Å². The number of rotatable bonds is 5. The lowest BCUT2D eigenvalue weighted by molar-refractivity contribution is -0.126. The predicted octanol–water partition coefficient (Wildman–Crippen LogP) is 0.977. The van der Waals surface area contributed by atoms with Gasteiger partial charge in [0.25, 0.3) is 0 Å². The van der Waals surface area contributed by atoms with Gasteiger partial charge in [-0.3, -0.25) is 15.1 Å². The van der Waals surface area contributed by atoms with Gasteiger partial charge in [-0.15, -0.1) is 0 Å². The van der Waals surface area contributed by atoms with Crippen LogP contribution in [-0.4, -0.2) is 29.9 Å². The molecule has 0 aliphatic heterocycles. The molecule has 0 aromatic heterocycles. The highest BCUT2D eigenvalue weighted by Gasteiger charge is 2.26. The van der Waals surface area contributed by atoms with Gasteiger partial charge in [-0.05, 0) is 26.8 Å². The van der Waals surface area contributed by atoms with Crippen LogP contribution < -0.4 is 11.3 Å². The molecular formula is C11H25N3O. The van der Waals surface area contributed by atoms with E-state index in [2.05, 4.69) is 45.1 Å². The van der Waals surface area contributed by atoms with E-state index in [1.54, 1.807) is 0 Å².